The Morgan fingerprint density at radius 2 is 1.20 bits per heavy atom. The third kappa shape index (κ3) is 15.7. The van der Waals surface area contributed by atoms with E-state index < -0.39 is 0 Å². The molecule has 0 aliphatic heterocycles. The van der Waals surface area contributed by atoms with Crippen LogP contribution in [0.15, 0.2) is 24.3 Å². The van der Waals surface area contributed by atoms with E-state index in [0.29, 0.717) is 0 Å². The van der Waals surface area contributed by atoms with Crippen LogP contribution < -0.4 is 0 Å². The van der Waals surface area contributed by atoms with Gasteiger partial charge in [0.2, 0.25) is 0 Å². The number of rotatable bonds is 3. The summed E-state index contributed by atoms with van der Waals surface area (Å²) in [5, 5.41) is 0. The molecule has 10 heavy (non-hydrogen) atoms. The molecule has 0 fully saturated rings. The molecule has 0 aliphatic rings. The number of hydrogen-bond acceptors (Lipinski definition) is 0. The van der Waals surface area contributed by atoms with Crippen molar-refractivity contribution < 1.29 is 9.15 Å². The molecule has 0 rings (SSSR count). The Labute approximate surface area is 61.1 Å². The molecule has 0 spiro atoms. The van der Waals surface area contributed by atoms with Gasteiger partial charge < -0.3 is 0 Å². The minimum absolute atomic E-state index is 1.09. The van der Waals surface area contributed by atoms with Crippen molar-refractivity contribution in [3.63, 3.8) is 0 Å². The van der Waals surface area contributed by atoms with E-state index in [9.17, 15) is 0 Å². The lowest BCUT2D eigenvalue weighted by molar-refractivity contribution is 0.108. The average Bonchev–Trinajstić information content (AvgIpc) is 1.89. The lowest BCUT2D eigenvalue weighted by atomic mass is 10.1. The Hall–Kier alpha value is -0.660. The van der Waals surface area contributed by atoms with E-state index in [2.05, 4.69) is 13.2 Å². The number of halogens is 2. The maximum Gasteiger partial charge on any atom is 0 e. The first-order valence-corrected chi connectivity index (χ1v) is 3.06. The van der Waals surface area contributed by atoms with Gasteiger partial charge in [0, 0.05) is 9.15 Å². The van der Waals surface area contributed by atoms with Crippen molar-refractivity contribution >= 4 is 0 Å². The van der Waals surface area contributed by atoms with Crippen LogP contribution in [0.2, 0.25) is 0 Å². The second-order valence-corrected chi connectivity index (χ2v) is 2.41. The molecule has 0 aromatic rings. The van der Waals surface area contributed by atoms with Crippen LogP contribution in [0.25, 0.3) is 0 Å². The summed E-state index contributed by atoms with van der Waals surface area (Å²) < 4.78 is 16.0. The molecular formula is C8H14F2. The SMILES string of the molecule is C=C(C)CCC(=C)C.FF. The Kier molecular flexibility index (Phi) is 10.1. The predicted molar refractivity (Wildman–Crippen MR) is 41.1 cm³/mol. The van der Waals surface area contributed by atoms with Gasteiger partial charge in [-0.05, 0) is 26.7 Å². The van der Waals surface area contributed by atoms with E-state index >= 15 is 0 Å². The molecule has 0 N–H and O–H groups in total. The van der Waals surface area contributed by atoms with Crippen LogP contribution in [0.1, 0.15) is 26.7 Å². The highest BCUT2D eigenvalue weighted by Crippen LogP contribution is 2.05. The molecule has 0 aromatic carbocycles. The van der Waals surface area contributed by atoms with E-state index in [-0.39, 0.29) is 0 Å². The smallest absolute Gasteiger partial charge is 0 e. The summed E-state index contributed by atoms with van der Waals surface area (Å²) in [7, 11) is 0. The van der Waals surface area contributed by atoms with E-state index in [1.165, 1.54) is 11.1 Å². The zero-order valence-electron chi connectivity index (χ0n) is 6.58. The van der Waals surface area contributed by atoms with Gasteiger partial charge in [0.05, 0.1) is 0 Å². The predicted octanol–water partition coefficient (Wildman–Crippen LogP) is 3.76. The van der Waals surface area contributed by atoms with Crippen molar-refractivity contribution in [2.24, 2.45) is 0 Å². The molecule has 0 atom stereocenters. The lowest BCUT2D eigenvalue weighted by Crippen LogP contribution is -1.75. The molecule has 2 heteroatoms. The first-order chi connectivity index (χ1) is 4.63. The maximum atomic E-state index is 8.00. The molecule has 0 aliphatic carbocycles. The van der Waals surface area contributed by atoms with E-state index in [1.54, 1.807) is 0 Å². The van der Waals surface area contributed by atoms with E-state index in [4.69, 9.17) is 9.15 Å². The second kappa shape index (κ2) is 8.34. The minimum Gasteiger partial charge on any atom is -0.100 e. The van der Waals surface area contributed by atoms with Crippen LogP contribution in [0.3, 0.4) is 0 Å². The minimum atomic E-state index is 1.09. The van der Waals surface area contributed by atoms with Crippen LogP contribution in [-0.2, 0) is 0 Å². The first kappa shape index (κ1) is 12.1. The van der Waals surface area contributed by atoms with Gasteiger partial charge in [0.25, 0.3) is 0 Å². The summed E-state index contributed by atoms with van der Waals surface area (Å²) in [4.78, 5) is 0. The zero-order chi connectivity index (χ0) is 8.57. The Bertz CT molecular complexity index is 91.8. The van der Waals surface area contributed by atoms with Crippen molar-refractivity contribution in [1.82, 2.24) is 0 Å². The molecule has 0 nitrogen and oxygen atoms in total. The molecule has 0 unspecified atom stereocenters. The summed E-state index contributed by atoms with van der Waals surface area (Å²) in [6.45, 7) is 11.7. The van der Waals surface area contributed by atoms with Gasteiger partial charge in [0.15, 0.2) is 0 Å². The van der Waals surface area contributed by atoms with Crippen LogP contribution in [0, 0.1) is 0 Å². The summed E-state index contributed by atoms with van der Waals surface area (Å²) in [6, 6.07) is 0. The third-order valence-corrected chi connectivity index (χ3v) is 0.979. The summed E-state index contributed by atoms with van der Waals surface area (Å²) in [5.74, 6) is 0. The lowest BCUT2D eigenvalue weighted by Gasteiger charge is -1.95. The molecule has 0 amide bonds. The van der Waals surface area contributed by atoms with Crippen molar-refractivity contribution in [2.45, 2.75) is 26.7 Å². The zero-order valence-corrected chi connectivity index (χ0v) is 6.58. The molecule has 0 saturated carbocycles. The molecule has 0 aromatic heterocycles. The monoisotopic (exact) mass is 148 g/mol. The van der Waals surface area contributed by atoms with Gasteiger partial charge in [-0.3, -0.25) is 0 Å². The first-order valence-electron chi connectivity index (χ1n) is 3.06. The van der Waals surface area contributed by atoms with Crippen LogP contribution >= 0.6 is 0 Å². The Morgan fingerprint density at radius 1 is 1.00 bits per heavy atom. The largest absolute Gasteiger partial charge is 0.100 e. The fourth-order valence-corrected chi connectivity index (χ4v) is 0.427. The fraction of sp³-hybridized carbons (Fsp3) is 0.500. The Balaban J connectivity index is 0. The van der Waals surface area contributed by atoms with Gasteiger partial charge in [-0.15, -0.1) is 13.2 Å². The van der Waals surface area contributed by atoms with Crippen LogP contribution in [0.4, 0.5) is 9.15 Å². The topological polar surface area (TPSA) is 0 Å². The highest BCUT2D eigenvalue weighted by Gasteiger charge is 1.85. The molecular weight excluding hydrogens is 134 g/mol. The average molecular weight is 148 g/mol. The molecule has 0 radical (unpaired) electrons. The standard InChI is InChI=1S/C8H14.F2/c1-7(2)5-6-8(3)4;1-2/h1,3,5-6H2,2,4H3;. The van der Waals surface area contributed by atoms with Crippen molar-refractivity contribution in [3.8, 4) is 0 Å². The van der Waals surface area contributed by atoms with Gasteiger partial charge in [-0.25, -0.2) is 0 Å². The van der Waals surface area contributed by atoms with Gasteiger partial charge in [-0.1, -0.05) is 11.1 Å². The molecule has 0 heterocycles. The number of hydrogen-bond donors (Lipinski definition) is 0. The van der Waals surface area contributed by atoms with Crippen LogP contribution in [-0.4, -0.2) is 0 Å². The fourth-order valence-electron chi connectivity index (χ4n) is 0.427. The van der Waals surface area contributed by atoms with Crippen molar-refractivity contribution in [3.05, 3.63) is 24.3 Å². The highest BCUT2D eigenvalue weighted by atomic mass is 20.0. The van der Waals surface area contributed by atoms with Gasteiger partial charge in [-0.2, -0.15) is 0 Å². The third-order valence-electron chi connectivity index (χ3n) is 0.979. The highest BCUT2D eigenvalue weighted by molar-refractivity contribution is 4.96. The molecule has 60 valence electrons. The number of allylic oxidation sites excluding steroid dienone is 2. The van der Waals surface area contributed by atoms with E-state index in [1.807, 2.05) is 13.8 Å². The summed E-state index contributed by atoms with van der Waals surface area (Å²) >= 11 is 0. The quantitative estimate of drug-likeness (QED) is 0.534. The Morgan fingerprint density at radius 3 is 1.30 bits per heavy atom. The van der Waals surface area contributed by atoms with Crippen LogP contribution in [0.5, 0.6) is 0 Å². The van der Waals surface area contributed by atoms with E-state index in [0.717, 1.165) is 12.8 Å². The second-order valence-electron chi connectivity index (χ2n) is 2.41. The molecule has 0 bridgehead atoms. The van der Waals surface area contributed by atoms with Crippen molar-refractivity contribution in [1.29, 1.82) is 0 Å². The van der Waals surface area contributed by atoms with Gasteiger partial charge in [0.1, 0.15) is 0 Å². The molecule has 0 saturated heterocycles. The maximum absolute atomic E-state index is 8.00. The summed E-state index contributed by atoms with van der Waals surface area (Å²) in [6.07, 6.45) is 2.19. The normalized spacial score (nSPS) is 7.60. The van der Waals surface area contributed by atoms with Gasteiger partial charge >= 0.3 is 0 Å². The summed E-state index contributed by atoms with van der Waals surface area (Å²) in [5.41, 5.74) is 2.49. The van der Waals surface area contributed by atoms with Crippen molar-refractivity contribution in [2.75, 3.05) is 0 Å².